The molecule has 130 valence electrons. The number of thioether (sulfide) groups is 1. The number of hydrogen-bond acceptors (Lipinski definition) is 5. The van der Waals surface area contributed by atoms with Crippen LogP contribution >= 0.6 is 23.4 Å². The van der Waals surface area contributed by atoms with Crippen LogP contribution in [0, 0.1) is 0 Å². The molecule has 2 atom stereocenters. The number of nitrogens with zero attached hydrogens (tertiary/aromatic N) is 1. The lowest BCUT2D eigenvalue weighted by atomic mass is 10.1. The predicted octanol–water partition coefficient (Wildman–Crippen LogP) is 3.93. The van der Waals surface area contributed by atoms with Crippen molar-refractivity contribution < 1.29 is 5.11 Å². The molecule has 2 aliphatic heterocycles. The van der Waals surface area contributed by atoms with Crippen molar-refractivity contribution in [3.63, 3.8) is 0 Å². The van der Waals surface area contributed by atoms with E-state index in [1.54, 1.807) is 0 Å². The lowest BCUT2D eigenvalue weighted by Gasteiger charge is -2.18. The molecule has 3 aliphatic rings. The summed E-state index contributed by atoms with van der Waals surface area (Å²) in [7, 11) is 0. The predicted molar refractivity (Wildman–Crippen MR) is 104 cm³/mol. The van der Waals surface area contributed by atoms with Crippen LogP contribution in [0.2, 0.25) is 5.02 Å². The van der Waals surface area contributed by atoms with Gasteiger partial charge in [0.1, 0.15) is 0 Å². The number of hydrogen-bond donors (Lipinski definition) is 3. The first-order valence-electron chi connectivity index (χ1n) is 8.90. The number of aliphatic hydroxyl groups is 1. The van der Waals surface area contributed by atoms with Crippen LogP contribution in [-0.4, -0.2) is 40.6 Å². The second-order valence-electron chi connectivity index (χ2n) is 6.96. The van der Waals surface area contributed by atoms with E-state index >= 15 is 0 Å². The molecule has 1 aromatic rings. The van der Waals surface area contributed by atoms with Crippen molar-refractivity contribution in [1.82, 2.24) is 0 Å². The normalized spacial score (nSPS) is 26.3. The lowest BCUT2D eigenvalue weighted by Crippen LogP contribution is -2.24. The summed E-state index contributed by atoms with van der Waals surface area (Å²) in [5.41, 5.74) is 3.62. The summed E-state index contributed by atoms with van der Waals surface area (Å²) in [5.74, 6) is 0.984. The second-order valence-corrected chi connectivity index (χ2v) is 8.44. The highest BCUT2D eigenvalue weighted by molar-refractivity contribution is 8.14. The van der Waals surface area contributed by atoms with Crippen molar-refractivity contribution >= 4 is 39.8 Å². The van der Waals surface area contributed by atoms with E-state index in [1.807, 2.05) is 17.8 Å². The third kappa shape index (κ3) is 3.39. The van der Waals surface area contributed by atoms with E-state index in [2.05, 4.69) is 16.7 Å². The number of aliphatic hydroxyl groups excluding tert-OH is 1. The van der Waals surface area contributed by atoms with E-state index in [1.165, 1.54) is 42.0 Å². The van der Waals surface area contributed by atoms with E-state index in [4.69, 9.17) is 21.7 Å². The number of rotatable bonds is 5. The van der Waals surface area contributed by atoms with Gasteiger partial charge in [-0.2, -0.15) is 0 Å². The minimum Gasteiger partial charge on any atom is -0.396 e. The molecule has 0 aromatic heterocycles. The fourth-order valence-electron chi connectivity index (χ4n) is 3.92. The average molecular weight is 366 g/mol. The molecule has 24 heavy (non-hydrogen) atoms. The minimum absolute atomic E-state index is 0.214. The Hall–Kier alpha value is -0.910. The summed E-state index contributed by atoms with van der Waals surface area (Å²) < 4.78 is 0. The minimum atomic E-state index is 0.214. The molecule has 3 N–H and O–H groups in total. The molecule has 1 aromatic carbocycles. The van der Waals surface area contributed by atoms with Crippen molar-refractivity contribution in [2.24, 2.45) is 4.99 Å². The Morgan fingerprint density at radius 2 is 2.17 bits per heavy atom. The Kier molecular flexibility index (Phi) is 4.93. The number of halogens is 1. The van der Waals surface area contributed by atoms with Gasteiger partial charge in [-0.3, -0.25) is 4.99 Å². The maximum absolute atomic E-state index is 9.11. The van der Waals surface area contributed by atoms with E-state index < -0.39 is 0 Å². The van der Waals surface area contributed by atoms with E-state index in [0.29, 0.717) is 6.04 Å². The van der Waals surface area contributed by atoms with Crippen LogP contribution in [0.5, 0.6) is 0 Å². The van der Waals surface area contributed by atoms with E-state index in [0.717, 1.165) is 29.3 Å². The highest BCUT2D eigenvalue weighted by atomic mass is 35.5. The first-order chi connectivity index (χ1) is 11.7. The molecule has 0 spiro atoms. The molecule has 4 rings (SSSR count). The maximum Gasteiger partial charge on any atom is 0.0907 e. The number of benzene rings is 1. The average Bonchev–Trinajstić information content (AvgIpc) is 3.26. The molecule has 6 heteroatoms. The number of fused-ring (bicyclic) bond motifs is 1. The van der Waals surface area contributed by atoms with Gasteiger partial charge in [-0.1, -0.05) is 24.4 Å². The molecule has 0 saturated heterocycles. The van der Waals surface area contributed by atoms with Crippen molar-refractivity contribution in [1.29, 1.82) is 0 Å². The van der Waals surface area contributed by atoms with Gasteiger partial charge in [0.25, 0.3) is 0 Å². The fraction of sp³-hybridized carbons (Fsp3) is 0.611. The fourth-order valence-corrected chi connectivity index (χ4v) is 5.33. The van der Waals surface area contributed by atoms with Crippen LogP contribution in [0.15, 0.2) is 17.1 Å². The van der Waals surface area contributed by atoms with Gasteiger partial charge in [0, 0.05) is 29.8 Å². The second kappa shape index (κ2) is 7.14. The van der Waals surface area contributed by atoms with Gasteiger partial charge in [-0.15, -0.1) is 11.8 Å². The molecule has 0 amide bonds. The van der Waals surface area contributed by atoms with Gasteiger partial charge in [0.2, 0.25) is 0 Å². The lowest BCUT2D eigenvalue weighted by molar-refractivity contribution is 0.280. The van der Waals surface area contributed by atoms with Crippen molar-refractivity contribution in [2.45, 2.75) is 56.7 Å². The van der Waals surface area contributed by atoms with Gasteiger partial charge in [-0.05, 0) is 37.0 Å². The van der Waals surface area contributed by atoms with Crippen LogP contribution in [0.4, 0.5) is 11.4 Å². The largest absolute Gasteiger partial charge is 0.396 e. The quantitative estimate of drug-likeness (QED) is 0.740. The molecule has 1 saturated carbocycles. The van der Waals surface area contributed by atoms with Gasteiger partial charge >= 0.3 is 0 Å². The van der Waals surface area contributed by atoms with Crippen molar-refractivity contribution in [3.05, 3.63) is 22.7 Å². The summed E-state index contributed by atoms with van der Waals surface area (Å²) in [5, 5.41) is 18.5. The summed E-state index contributed by atoms with van der Waals surface area (Å²) in [6, 6.07) is 5.21. The zero-order valence-electron chi connectivity index (χ0n) is 13.7. The molecule has 0 bridgehead atoms. The summed E-state index contributed by atoms with van der Waals surface area (Å²) in [4.78, 5) is 4.80. The topological polar surface area (TPSA) is 56.6 Å². The third-order valence-electron chi connectivity index (χ3n) is 5.14. The monoisotopic (exact) mass is 365 g/mol. The molecule has 4 nitrogen and oxygen atoms in total. The molecule has 2 heterocycles. The third-order valence-corrected chi connectivity index (χ3v) is 6.59. The highest BCUT2D eigenvalue weighted by Crippen LogP contribution is 2.40. The Balaban J connectivity index is 1.52. The van der Waals surface area contributed by atoms with E-state index in [9.17, 15) is 0 Å². The Morgan fingerprint density at radius 1 is 1.33 bits per heavy atom. The summed E-state index contributed by atoms with van der Waals surface area (Å²) >= 11 is 8.18. The van der Waals surface area contributed by atoms with Crippen LogP contribution in [0.25, 0.3) is 0 Å². The highest BCUT2D eigenvalue weighted by Gasteiger charge is 2.31. The van der Waals surface area contributed by atoms with Gasteiger partial charge < -0.3 is 15.7 Å². The molecule has 1 unspecified atom stereocenters. The first-order valence-corrected chi connectivity index (χ1v) is 10.3. The van der Waals surface area contributed by atoms with Crippen LogP contribution in [-0.2, 0) is 6.42 Å². The number of anilines is 2. The van der Waals surface area contributed by atoms with Gasteiger partial charge in [0.05, 0.1) is 28.5 Å². The Bertz CT molecular complexity index is 645. The van der Waals surface area contributed by atoms with Gasteiger partial charge in [-0.25, -0.2) is 0 Å². The maximum atomic E-state index is 9.11. The Labute approximate surface area is 152 Å². The summed E-state index contributed by atoms with van der Waals surface area (Å²) in [6.07, 6.45) is 6.82. The van der Waals surface area contributed by atoms with Crippen LogP contribution < -0.4 is 10.6 Å². The van der Waals surface area contributed by atoms with Crippen molar-refractivity contribution in [2.75, 3.05) is 23.0 Å². The van der Waals surface area contributed by atoms with Gasteiger partial charge in [0.15, 0.2) is 0 Å². The molecule has 0 radical (unpaired) electrons. The SMILES string of the molecule is OCC[C@@H]1CSC(C2Cc3cc(Cl)cc(NC4CCCC4)c3N2)=N1. The molecular weight excluding hydrogens is 342 g/mol. The summed E-state index contributed by atoms with van der Waals surface area (Å²) in [6.45, 7) is 0.214. The van der Waals surface area contributed by atoms with E-state index in [-0.39, 0.29) is 18.7 Å². The number of nitrogens with one attached hydrogen (secondary N) is 2. The Morgan fingerprint density at radius 3 is 2.96 bits per heavy atom. The van der Waals surface area contributed by atoms with Crippen molar-refractivity contribution in [3.8, 4) is 0 Å². The number of aliphatic imine (C=N–C) groups is 1. The molecular formula is C18H24ClN3OS. The zero-order valence-corrected chi connectivity index (χ0v) is 15.3. The first kappa shape index (κ1) is 16.6. The molecule has 1 aliphatic carbocycles. The molecule has 1 fully saturated rings. The van der Waals surface area contributed by atoms with Crippen LogP contribution in [0.1, 0.15) is 37.7 Å². The smallest absolute Gasteiger partial charge is 0.0907 e. The zero-order chi connectivity index (χ0) is 16.5. The van der Waals surface area contributed by atoms with Crippen LogP contribution in [0.3, 0.4) is 0 Å². The standard InChI is InChI=1S/C18H24ClN3OS/c19-12-7-11-8-16(18-21-14(5-6-23)10-24-18)22-17(11)15(9-12)20-13-3-1-2-4-13/h7,9,13-14,16,20,22-23H,1-6,8,10H2/t14-,16?/m1/s1.